The highest BCUT2D eigenvalue weighted by Crippen LogP contribution is 2.32. The average molecular weight is 545 g/mol. The molecule has 1 fully saturated rings. The summed E-state index contributed by atoms with van der Waals surface area (Å²) >= 11 is 1.24. The van der Waals surface area contributed by atoms with Crippen LogP contribution in [0.4, 0.5) is 18.9 Å². The van der Waals surface area contributed by atoms with Gasteiger partial charge in [-0.1, -0.05) is 47.7 Å². The number of carbonyl (C=O) groups excluding carboxylic acids is 1. The number of hydrogen-bond donors (Lipinski definition) is 0. The quantitative estimate of drug-likeness (QED) is 0.329. The van der Waals surface area contributed by atoms with Crippen molar-refractivity contribution in [3.8, 4) is 0 Å². The van der Waals surface area contributed by atoms with Gasteiger partial charge in [0.2, 0.25) is 5.91 Å². The van der Waals surface area contributed by atoms with E-state index >= 15 is 0 Å². The molecule has 0 radical (unpaired) electrons. The number of rotatable bonds is 6. The summed E-state index contributed by atoms with van der Waals surface area (Å²) in [5, 5.41) is -0.000774. The van der Waals surface area contributed by atoms with Crippen molar-refractivity contribution in [3.63, 3.8) is 0 Å². The molecule has 3 aromatic rings. The lowest BCUT2D eigenvalue weighted by molar-refractivity contribution is -0.137. The van der Waals surface area contributed by atoms with Gasteiger partial charge < -0.3 is 9.80 Å². The molecule has 1 aliphatic heterocycles. The highest BCUT2D eigenvalue weighted by atomic mass is 32.2. The van der Waals surface area contributed by atoms with Gasteiger partial charge in [-0.25, -0.2) is 4.98 Å². The van der Waals surface area contributed by atoms with E-state index in [2.05, 4.69) is 4.98 Å². The lowest BCUT2D eigenvalue weighted by atomic mass is 10.0. The van der Waals surface area contributed by atoms with Crippen LogP contribution in [0.2, 0.25) is 0 Å². The van der Waals surface area contributed by atoms with Crippen molar-refractivity contribution >= 4 is 23.4 Å². The van der Waals surface area contributed by atoms with Crippen LogP contribution in [0.25, 0.3) is 0 Å². The number of hydrogen-bond acceptors (Lipinski definition) is 5. The molecule has 1 aliphatic rings. The van der Waals surface area contributed by atoms with E-state index in [1.807, 2.05) is 43.0 Å². The first kappa shape index (κ1) is 27.8. The minimum absolute atomic E-state index is 0.0886. The van der Waals surface area contributed by atoms with E-state index in [-0.39, 0.29) is 11.5 Å². The third-order valence-corrected chi connectivity index (χ3v) is 7.94. The van der Waals surface area contributed by atoms with Crippen molar-refractivity contribution in [1.29, 1.82) is 0 Å². The molecule has 38 heavy (non-hydrogen) atoms. The van der Waals surface area contributed by atoms with Crippen LogP contribution in [0.15, 0.2) is 58.5 Å². The largest absolute Gasteiger partial charge is 0.416 e. The van der Waals surface area contributed by atoms with E-state index in [4.69, 9.17) is 0 Å². The Balaban J connectivity index is 1.40. The van der Waals surface area contributed by atoms with Crippen molar-refractivity contribution in [2.24, 2.45) is 7.05 Å². The maximum Gasteiger partial charge on any atom is 0.416 e. The summed E-state index contributed by atoms with van der Waals surface area (Å²) in [5.74, 6) is -0.0886. The number of thioether (sulfide) groups is 1. The summed E-state index contributed by atoms with van der Waals surface area (Å²) in [4.78, 5) is 34.5. The number of benzene rings is 2. The minimum atomic E-state index is -4.40. The normalized spacial score (nSPS) is 15.0. The number of aryl methyl sites for hydroxylation is 2. The van der Waals surface area contributed by atoms with Gasteiger partial charge in [0.1, 0.15) is 0 Å². The lowest BCUT2D eigenvalue weighted by Gasteiger charge is -2.37. The first-order valence-corrected chi connectivity index (χ1v) is 13.3. The fourth-order valence-corrected chi connectivity index (χ4v) is 5.48. The summed E-state index contributed by atoms with van der Waals surface area (Å²) in [7, 11) is 1.67. The number of aromatic nitrogens is 2. The lowest BCUT2D eigenvalue weighted by Crippen LogP contribution is -2.50. The number of piperazine rings is 1. The van der Waals surface area contributed by atoms with Gasteiger partial charge in [0.25, 0.3) is 5.56 Å². The molecular weight excluding hydrogens is 513 g/mol. The first-order valence-electron chi connectivity index (χ1n) is 12.4. The highest BCUT2D eigenvalue weighted by Gasteiger charge is 2.32. The number of amides is 1. The van der Waals surface area contributed by atoms with E-state index in [0.29, 0.717) is 54.7 Å². The summed E-state index contributed by atoms with van der Waals surface area (Å²) in [6.07, 6.45) is -3.91. The standard InChI is InChI=1S/C28H31F3N4O2S/c1-18-8-10-21(11-9-18)16-24-19(2)32-27(33(4)26(24)37)38-20(3)25(36)35-14-12-34(13-15-35)23-7-5-6-22(17-23)28(29,30)31/h5-11,17,20H,12-16H2,1-4H3. The third-order valence-electron chi connectivity index (χ3n) is 6.81. The minimum Gasteiger partial charge on any atom is -0.368 e. The Labute approximate surface area is 224 Å². The number of alkyl halides is 3. The number of nitrogens with zero attached hydrogens (tertiary/aromatic N) is 4. The molecule has 0 spiro atoms. The molecule has 1 saturated heterocycles. The van der Waals surface area contributed by atoms with Gasteiger partial charge in [0, 0.05) is 56.6 Å². The maximum absolute atomic E-state index is 13.2. The molecule has 202 valence electrons. The Morgan fingerprint density at radius 2 is 1.71 bits per heavy atom. The molecule has 0 N–H and O–H groups in total. The molecule has 1 aromatic heterocycles. The summed E-state index contributed by atoms with van der Waals surface area (Å²) in [6, 6.07) is 13.3. The molecule has 0 bridgehead atoms. The van der Waals surface area contributed by atoms with E-state index in [0.717, 1.165) is 23.3 Å². The number of carbonyl (C=O) groups is 1. The zero-order chi connectivity index (χ0) is 27.6. The van der Waals surface area contributed by atoms with Gasteiger partial charge in [-0.2, -0.15) is 13.2 Å². The molecule has 1 amide bonds. The van der Waals surface area contributed by atoms with Gasteiger partial charge in [-0.05, 0) is 44.5 Å². The SMILES string of the molecule is Cc1ccc(Cc2c(C)nc(SC(C)C(=O)N3CCN(c4cccc(C(F)(F)F)c4)CC3)n(C)c2=O)cc1. The number of halogens is 3. The predicted octanol–water partition coefficient (Wildman–Crippen LogP) is 4.84. The molecule has 4 rings (SSSR count). The average Bonchev–Trinajstić information content (AvgIpc) is 2.90. The second-order valence-electron chi connectivity index (χ2n) is 9.61. The van der Waals surface area contributed by atoms with Gasteiger partial charge >= 0.3 is 6.18 Å². The van der Waals surface area contributed by atoms with Gasteiger partial charge in [-0.15, -0.1) is 0 Å². The first-order chi connectivity index (χ1) is 17.9. The van der Waals surface area contributed by atoms with Crippen molar-refractivity contribution in [1.82, 2.24) is 14.5 Å². The Morgan fingerprint density at radius 3 is 2.34 bits per heavy atom. The van der Waals surface area contributed by atoms with E-state index in [1.165, 1.54) is 22.4 Å². The van der Waals surface area contributed by atoms with Crippen LogP contribution in [0.5, 0.6) is 0 Å². The number of anilines is 1. The van der Waals surface area contributed by atoms with Crippen LogP contribution in [-0.4, -0.2) is 51.8 Å². The molecular formula is C28H31F3N4O2S. The van der Waals surface area contributed by atoms with E-state index < -0.39 is 17.0 Å². The molecule has 2 aromatic carbocycles. The molecule has 10 heteroatoms. The topological polar surface area (TPSA) is 58.4 Å². The Hall–Kier alpha value is -3.27. The highest BCUT2D eigenvalue weighted by molar-refractivity contribution is 8.00. The fraction of sp³-hybridized carbons (Fsp3) is 0.393. The van der Waals surface area contributed by atoms with Crippen LogP contribution in [0.1, 0.15) is 34.9 Å². The third kappa shape index (κ3) is 6.23. The van der Waals surface area contributed by atoms with Crippen molar-refractivity contribution in [2.75, 3.05) is 31.1 Å². The zero-order valence-electron chi connectivity index (χ0n) is 21.9. The second-order valence-corrected chi connectivity index (χ2v) is 10.9. The van der Waals surface area contributed by atoms with Gasteiger partial charge in [0.05, 0.1) is 10.8 Å². The van der Waals surface area contributed by atoms with Gasteiger partial charge in [-0.3, -0.25) is 14.2 Å². The molecule has 1 unspecified atom stereocenters. The second kappa shape index (κ2) is 11.2. The van der Waals surface area contributed by atoms with Crippen molar-refractivity contribution in [2.45, 2.75) is 43.8 Å². The fourth-order valence-electron chi connectivity index (χ4n) is 4.48. The predicted molar refractivity (Wildman–Crippen MR) is 144 cm³/mol. The van der Waals surface area contributed by atoms with Gasteiger partial charge in [0.15, 0.2) is 5.16 Å². The van der Waals surface area contributed by atoms with Crippen molar-refractivity contribution < 1.29 is 18.0 Å². The smallest absolute Gasteiger partial charge is 0.368 e. The molecule has 6 nitrogen and oxygen atoms in total. The monoisotopic (exact) mass is 544 g/mol. The van der Waals surface area contributed by atoms with Crippen LogP contribution in [-0.2, 0) is 24.4 Å². The summed E-state index contributed by atoms with van der Waals surface area (Å²) in [6.45, 7) is 7.30. The van der Waals surface area contributed by atoms with E-state index in [1.54, 1.807) is 24.9 Å². The van der Waals surface area contributed by atoms with Crippen LogP contribution < -0.4 is 10.5 Å². The summed E-state index contributed by atoms with van der Waals surface area (Å²) in [5.41, 5.74) is 3.14. The Kier molecular flexibility index (Phi) is 8.20. The zero-order valence-corrected chi connectivity index (χ0v) is 22.7. The van der Waals surface area contributed by atoms with Crippen LogP contribution >= 0.6 is 11.8 Å². The van der Waals surface area contributed by atoms with Crippen molar-refractivity contribution in [3.05, 3.63) is 86.8 Å². The van der Waals surface area contributed by atoms with E-state index in [9.17, 15) is 22.8 Å². The molecule has 0 aliphatic carbocycles. The molecule has 2 heterocycles. The van der Waals surface area contributed by atoms with Crippen LogP contribution in [0.3, 0.4) is 0 Å². The Morgan fingerprint density at radius 1 is 1.05 bits per heavy atom. The molecule has 0 saturated carbocycles. The Bertz CT molecular complexity index is 1360. The summed E-state index contributed by atoms with van der Waals surface area (Å²) < 4.78 is 40.7. The molecule has 1 atom stereocenters. The van der Waals surface area contributed by atoms with Crippen LogP contribution in [0, 0.1) is 13.8 Å². The maximum atomic E-state index is 13.2.